The Labute approximate surface area is 177 Å². The Hall–Kier alpha value is -3.40. The van der Waals surface area contributed by atoms with Crippen molar-refractivity contribution < 1.29 is 14.5 Å². The molecule has 0 aliphatic carbocycles. The number of hydrogen-bond donors (Lipinski definition) is 1. The van der Waals surface area contributed by atoms with E-state index in [0.717, 1.165) is 11.3 Å². The number of carbonyl (C=O) groups is 1. The van der Waals surface area contributed by atoms with Gasteiger partial charge in [-0.2, -0.15) is 0 Å². The van der Waals surface area contributed by atoms with Gasteiger partial charge in [0.05, 0.1) is 10.7 Å². The summed E-state index contributed by atoms with van der Waals surface area (Å²) in [5.74, 6) is 1.26. The van der Waals surface area contributed by atoms with Crippen LogP contribution in [0.2, 0.25) is 0 Å². The van der Waals surface area contributed by atoms with Gasteiger partial charge >= 0.3 is 0 Å². The van der Waals surface area contributed by atoms with E-state index in [9.17, 15) is 14.9 Å². The predicted octanol–water partition coefficient (Wildman–Crippen LogP) is 3.82. The molecule has 0 aliphatic rings. The fourth-order valence-corrected chi connectivity index (χ4v) is 3.56. The average molecular weight is 427 g/mol. The van der Waals surface area contributed by atoms with Crippen LogP contribution in [0.3, 0.4) is 0 Å². The van der Waals surface area contributed by atoms with E-state index >= 15 is 0 Å². The highest BCUT2D eigenvalue weighted by Gasteiger charge is 2.15. The number of amides is 1. The molecular weight excluding hydrogens is 406 g/mol. The fraction of sp³-hybridized carbons (Fsp3) is 0.250. The summed E-state index contributed by atoms with van der Waals surface area (Å²) in [6.45, 7) is 4.84. The third kappa shape index (κ3) is 5.35. The number of para-hydroxylation sites is 1. The first kappa shape index (κ1) is 21.3. The van der Waals surface area contributed by atoms with Crippen molar-refractivity contribution in [2.45, 2.75) is 32.2 Å². The maximum Gasteiger partial charge on any atom is 0.271 e. The number of carbonyl (C=O) groups excluding carboxylic acids is 1. The zero-order valence-electron chi connectivity index (χ0n) is 16.6. The van der Waals surface area contributed by atoms with E-state index in [0.29, 0.717) is 23.2 Å². The quantitative estimate of drug-likeness (QED) is 0.314. The number of nitrogens with one attached hydrogen (secondary N) is 1. The lowest BCUT2D eigenvalue weighted by Gasteiger charge is -2.10. The third-order valence-electron chi connectivity index (χ3n) is 4.23. The highest BCUT2D eigenvalue weighted by Crippen LogP contribution is 2.21. The Morgan fingerprint density at radius 1 is 1.23 bits per heavy atom. The molecule has 0 bridgehead atoms. The van der Waals surface area contributed by atoms with Gasteiger partial charge in [0.2, 0.25) is 5.91 Å². The Kier molecular flexibility index (Phi) is 7.02. The summed E-state index contributed by atoms with van der Waals surface area (Å²) in [5.41, 5.74) is 1.33. The minimum absolute atomic E-state index is 0.0792. The van der Waals surface area contributed by atoms with Crippen molar-refractivity contribution >= 4 is 29.0 Å². The zero-order chi connectivity index (χ0) is 21.5. The molecule has 0 fully saturated rings. The van der Waals surface area contributed by atoms with Gasteiger partial charge in [-0.1, -0.05) is 36.0 Å². The second kappa shape index (κ2) is 9.88. The van der Waals surface area contributed by atoms with Crippen LogP contribution in [0, 0.1) is 17.0 Å². The number of aryl methyl sites for hydroxylation is 1. The average Bonchev–Trinajstić information content (AvgIpc) is 3.13. The van der Waals surface area contributed by atoms with Crippen LogP contribution in [-0.4, -0.2) is 31.3 Å². The normalized spacial score (nSPS) is 10.6. The molecule has 2 aromatic carbocycles. The minimum Gasteiger partial charge on any atom is -0.485 e. The molecular formula is C20H21N5O4S. The Balaban J connectivity index is 1.59. The maximum absolute atomic E-state index is 12.2. The lowest BCUT2D eigenvalue weighted by molar-refractivity contribution is -0.384. The second-order valence-electron chi connectivity index (χ2n) is 6.34. The molecule has 0 spiro atoms. The summed E-state index contributed by atoms with van der Waals surface area (Å²) >= 11 is 1.24. The smallest absolute Gasteiger partial charge is 0.271 e. The monoisotopic (exact) mass is 427 g/mol. The maximum atomic E-state index is 12.2. The minimum atomic E-state index is -0.505. The van der Waals surface area contributed by atoms with E-state index in [-0.39, 0.29) is 24.0 Å². The number of nitro groups is 1. The highest BCUT2D eigenvalue weighted by atomic mass is 32.2. The standard InChI is InChI=1S/C20H21N5O4S/c1-3-24-18(12-29-17-10-5-4-7-14(17)2)22-23-20(24)30-13-19(26)21-15-8-6-9-16(11-15)25(27)28/h4-11H,3,12-13H2,1-2H3,(H,21,26). The van der Waals surface area contributed by atoms with Crippen LogP contribution in [-0.2, 0) is 17.9 Å². The number of nitrogens with zero attached hydrogens (tertiary/aromatic N) is 4. The number of non-ortho nitro benzene ring substituents is 1. The SMILES string of the molecule is CCn1c(COc2ccccc2C)nnc1SCC(=O)Nc1cccc([N+](=O)[O-])c1. The van der Waals surface area contributed by atoms with Gasteiger partial charge in [-0.05, 0) is 31.5 Å². The molecule has 0 saturated carbocycles. The number of hydrogen-bond acceptors (Lipinski definition) is 7. The zero-order valence-corrected chi connectivity index (χ0v) is 17.4. The predicted molar refractivity (Wildman–Crippen MR) is 114 cm³/mol. The number of nitro benzene ring substituents is 1. The number of aromatic nitrogens is 3. The van der Waals surface area contributed by atoms with Crippen molar-refractivity contribution in [2.24, 2.45) is 0 Å². The number of rotatable bonds is 9. The molecule has 3 rings (SSSR count). The van der Waals surface area contributed by atoms with Crippen LogP contribution in [0.5, 0.6) is 5.75 Å². The van der Waals surface area contributed by atoms with Gasteiger partial charge < -0.3 is 14.6 Å². The third-order valence-corrected chi connectivity index (χ3v) is 5.20. The largest absolute Gasteiger partial charge is 0.485 e. The molecule has 0 unspecified atom stereocenters. The van der Waals surface area contributed by atoms with E-state index in [1.807, 2.05) is 42.7 Å². The second-order valence-corrected chi connectivity index (χ2v) is 7.28. The molecule has 0 atom stereocenters. The van der Waals surface area contributed by atoms with Crippen LogP contribution in [0.25, 0.3) is 0 Å². The van der Waals surface area contributed by atoms with Gasteiger partial charge in [-0.25, -0.2) is 0 Å². The van der Waals surface area contributed by atoms with E-state index in [1.165, 1.54) is 30.0 Å². The Morgan fingerprint density at radius 2 is 2.03 bits per heavy atom. The number of benzene rings is 2. The first-order chi connectivity index (χ1) is 14.5. The topological polar surface area (TPSA) is 112 Å². The summed E-state index contributed by atoms with van der Waals surface area (Å²) in [6, 6.07) is 13.5. The van der Waals surface area contributed by atoms with Crippen LogP contribution in [0.4, 0.5) is 11.4 Å². The summed E-state index contributed by atoms with van der Waals surface area (Å²) in [6.07, 6.45) is 0. The van der Waals surface area contributed by atoms with Crippen molar-refractivity contribution in [3.8, 4) is 5.75 Å². The molecule has 30 heavy (non-hydrogen) atoms. The van der Waals surface area contributed by atoms with Crippen molar-refractivity contribution in [1.82, 2.24) is 14.8 Å². The van der Waals surface area contributed by atoms with Crippen LogP contribution in [0.1, 0.15) is 18.3 Å². The van der Waals surface area contributed by atoms with Gasteiger partial charge in [0, 0.05) is 24.4 Å². The van der Waals surface area contributed by atoms with Crippen molar-refractivity contribution in [2.75, 3.05) is 11.1 Å². The highest BCUT2D eigenvalue weighted by molar-refractivity contribution is 7.99. The van der Waals surface area contributed by atoms with E-state index in [2.05, 4.69) is 15.5 Å². The number of anilines is 1. The lowest BCUT2D eigenvalue weighted by Crippen LogP contribution is -2.15. The molecule has 1 aromatic heterocycles. The molecule has 0 saturated heterocycles. The Morgan fingerprint density at radius 3 is 2.77 bits per heavy atom. The lowest BCUT2D eigenvalue weighted by atomic mass is 10.2. The summed E-state index contributed by atoms with van der Waals surface area (Å²) in [5, 5.41) is 22.5. The van der Waals surface area contributed by atoms with Crippen LogP contribution < -0.4 is 10.1 Å². The van der Waals surface area contributed by atoms with Crippen molar-refractivity contribution in [3.05, 3.63) is 70.0 Å². The summed E-state index contributed by atoms with van der Waals surface area (Å²) < 4.78 is 7.74. The molecule has 156 valence electrons. The van der Waals surface area contributed by atoms with E-state index in [4.69, 9.17) is 4.74 Å². The van der Waals surface area contributed by atoms with E-state index in [1.54, 1.807) is 6.07 Å². The first-order valence-corrected chi connectivity index (χ1v) is 10.2. The van der Waals surface area contributed by atoms with Crippen LogP contribution in [0.15, 0.2) is 53.7 Å². The molecule has 10 heteroatoms. The van der Waals surface area contributed by atoms with Gasteiger partial charge in [-0.15, -0.1) is 10.2 Å². The van der Waals surface area contributed by atoms with Crippen LogP contribution >= 0.6 is 11.8 Å². The molecule has 0 aliphatic heterocycles. The number of ether oxygens (including phenoxy) is 1. The first-order valence-electron chi connectivity index (χ1n) is 9.25. The summed E-state index contributed by atoms with van der Waals surface area (Å²) in [4.78, 5) is 22.6. The molecule has 1 amide bonds. The van der Waals surface area contributed by atoms with Crippen molar-refractivity contribution in [1.29, 1.82) is 0 Å². The molecule has 1 heterocycles. The Bertz CT molecular complexity index is 1050. The molecule has 0 radical (unpaired) electrons. The molecule has 3 aromatic rings. The number of thioether (sulfide) groups is 1. The van der Waals surface area contributed by atoms with Gasteiger partial charge in [-0.3, -0.25) is 14.9 Å². The van der Waals surface area contributed by atoms with Gasteiger partial charge in [0.15, 0.2) is 11.0 Å². The van der Waals surface area contributed by atoms with E-state index < -0.39 is 4.92 Å². The molecule has 9 nitrogen and oxygen atoms in total. The fourth-order valence-electron chi connectivity index (χ4n) is 2.74. The summed E-state index contributed by atoms with van der Waals surface area (Å²) in [7, 11) is 0. The van der Waals surface area contributed by atoms with Gasteiger partial charge in [0.1, 0.15) is 12.4 Å². The van der Waals surface area contributed by atoms with Crippen molar-refractivity contribution in [3.63, 3.8) is 0 Å². The molecule has 1 N–H and O–H groups in total. The van der Waals surface area contributed by atoms with Gasteiger partial charge in [0.25, 0.3) is 5.69 Å².